The molecule has 0 aliphatic carbocycles. The molecule has 27 heavy (non-hydrogen) atoms. The van der Waals surface area contributed by atoms with Crippen molar-refractivity contribution in [2.24, 2.45) is 23.1 Å². The lowest BCUT2D eigenvalue weighted by molar-refractivity contribution is -0.191. The van der Waals surface area contributed by atoms with Crippen LogP contribution in [0.4, 0.5) is 0 Å². The van der Waals surface area contributed by atoms with Crippen molar-refractivity contribution in [2.75, 3.05) is 26.3 Å². The van der Waals surface area contributed by atoms with Crippen LogP contribution in [0.1, 0.15) is 13.8 Å². The minimum absolute atomic E-state index is 0.241. The Balaban J connectivity index is 5.47. The Hall–Kier alpha value is -1.83. The second kappa shape index (κ2) is 12.5. The standard InChI is InChI=1S/C15H29N3O9/c1-7(2)12(18)15(24)25-6-9(26-10(21)3-16)14(27-11(22)4-17)13(23)8(20)5-19/h7-9,12-14,19-20,23H,3-6,16-18H2,1-2H3/t8-,9+,12+,13-,14-/m1/s1. The van der Waals surface area contributed by atoms with E-state index in [1.54, 1.807) is 13.8 Å². The number of hydrogen-bond donors (Lipinski definition) is 6. The molecule has 158 valence electrons. The molecule has 0 aromatic carbocycles. The molecule has 5 atom stereocenters. The summed E-state index contributed by atoms with van der Waals surface area (Å²) in [5.74, 6) is -3.01. The maximum absolute atomic E-state index is 11.9. The van der Waals surface area contributed by atoms with Crippen LogP contribution in [0, 0.1) is 5.92 Å². The lowest BCUT2D eigenvalue weighted by atomic mass is 10.0. The molecule has 0 fully saturated rings. The molecule has 0 amide bonds. The maximum Gasteiger partial charge on any atom is 0.323 e. The molecule has 12 heteroatoms. The Bertz CT molecular complexity index is 489. The summed E-state index contributed by atoms with van der Waals surface area (Å²) in [6.45, 7) is 0.715. The van der Waals surface area contributed by atoms with E-state index in [0.29, 0.717) is 0 Å². The molecular weight excluding hydrogens is 366 g/mol. The quantitative estimate of drug-likeness (QED) is 0.137. The minimum atomic E-state index is -1.88. The summed E-state index contributed by atoms with van der Waals surface area (Å²) < 4.78 is 14.8. The van der Waals surface area contributed by atoms with Crippen molar-refractivity contribution in [3.05, 3.63) is 0 Å². The summed E-state index contributed by atoms with van der Waals surface area (Å²) in [6.07, 6.45) is -6.84. The van der Waals surface area contributed by atoms with Gasteiger partial charge in [0.15, 0.2) is 12.2 Å². The summed E-state index contributed by atoms with van der Waals surface area (Å²) >= 11 is 0. The number of aliphatic hydroxyl groups is 3. The van der Waals surface area contributed by atoms with Gasteiger partial charge in [0.2, 0.25) is 0 Å². The molecule has 9 N–H and O–H groups in total. The van der Waals surface area contributed by atoms with Crippen LogP contribution >= 0.6 is 0 Å². The molecule has 0 aliphatic rings. The van der Waals surface area contributed by atoms with Crippen LogP contribution in [0.5, 0.6) is 0 Å². The normalized spacial score (nSPS) is 16.8. The van der Waals surface area contributed by atoms with Crippen LogP contribution in [0.25, 0.3) is 0 Å². The first-order valence-corrected chi connectivity index (χ1v) is 8.27. The van der Waals surface area contributed by atoms with E-state index in [-0.39, 0.29) is 5.92 Å². The molecule has 0 radical (unpaired) electrons. The van der Waals surface area contributed by atoms with Gasteiger partial charge in [0.1, 0.15) is 24.9 Å². The van der Waals surface area contributed by atoms with Gasteiger partial charge in [0.05, 0.1) is 19.7 Å². The monoisotopic (exact) mass is 395 g/mol. The number of aliphatic hydroxyl groups excluding tert-OH is 3. The van der Waals surface area contributed by atoms with Gasteiger partial charge in [-0.3, -0.25) is 14.4 Å². The van der Waals surface area contributed by atoms with Gasteiger partial charge in [-0.25, -0.2) is 0 Å². The first-order chi connectivity index (χ1) is 12.6. The zero-order valence-corrected chi connectivity index (χ0v) is 15.3. The third-order valence-corrected chi connectivity index (χ3v) is 3.55. The van der Waals surface area contributed by atoms with Crippen LogP contribution in [-0.2, 0) is 28.6 Å². The molecule has 12 nitrogen and oxygen atoms in total. The minimum Gasteiger partial charge on any atom is -0.460 e. The summed E-state index contributed by atoms with van der Waals surface area (Å²) in [6, 6.07) is -0.964. The van der Waals surface area contributed by atoms with Gasteiger partial charge in [0.25, 0.3) is 0 Å². The number of carbonyl (C=O) groups excluding carboxylic acids is 3. The average Bonchev–Trinajstić information content (AvgIpc) is 2.66. The zero-order valence-electron chi connectivity index (χ0n) is 15.3. The number of nitrogens with two attached hydrogens (primary N) is 3. The van der Waals surface area contributed by atoms with E-state index in [1.807, 2.05) is 0 Å². The highest BCUT2D eigenvalue weighted by Crippen LogP contribution is 2.15. The average molecular weight is 395 g/mol. The molecule has 0 rings (SSSR count). The number of carbonyl (C=O) groups is 3. The van der Waals surface area contributed by atoms with Crippen molar-refractivity contribution >= 4 is 17.9 Å². The van der Waals surface area contributed by atoms with E-state index in [9.17, 15) is 24.6 Å². The number of esters is 3. The smallest absolute Gasteiger partial charge is 0.323 e. The predicted molar refractivity (Wildman–Crippen MR) is 90.7 cm³/mol. The third-order valence-electron chi connectivity index (χ3n) is 3.55. The van der Waals surface area contributed by atoms with Crippen molar-refractivity contribution in [3.63, 3.8) is 0 Å². The van der Waals surface area contributed by atoms with Gasteiger partial charge in [-0.1, -0.05) is 13.8 Å². The van der Waals surface area contributed by atoms with E-state index in [1.165, 1.54) is 0 Å². The van der Waals surface area contributed by atoms with E-state index in [0.717, 1.165) is 0 Å². The second-order valence-corrected chi connectivity index (χ2v) is 6.03. The molecule has 0 saturated heterocycles. The summed E-state index contributed by atoms with van der Waals surface area (Å²) in [5, 5.41) is 28.8. The van der Waals surface area contributed by atoms with Gasteiger partial charge >= 0.3 is 17.9 Å². The first-order valence-electron chi connectivity index (χ1n) is 8.27. The third kappa shape index (κ3) is 8.60. The fourth-order valence-electron chi connectivity index (χ4n) is 1.84. The Labute approximate surface area is 156 Å². The van der Waals surface area contributed by atoms with E-state index in [2.05, 4.69) is 0 Å². The van der Waals surface area contributed by atoms with Gasteiger partial charge in [-0.15, -0.1) is 0 Å². The largest absolute Gasteiger partial charge is 0.460 e. The lowest BCUT2D eigenvalue weighted by Crippen LogP contribution is -2.52. The van der Waals surface area contributed by atoms with E-state index in [4.69, 9.17) is 36.5 Å². The maximum atomic E-state index is 11.9. The van der Waals surface area contributed by atoms with Crippen LogP contribution in [0.3, 0.4) is 0 Å². The first kappa shape index (κ1) is 25.2. The highest BCUT2D eigenvalue weighted by molar-refractivity contribution is 5.76. The van der Waals surface area contributed by atoms with Gasteiger partial charge in [0, 0.05) is 0 Å². The Morgan fingerprint density at radius 2 is 1.52 bits per heavy atom. The number of rotatable bonds is 12. The molecule has 0 spiro atoms. The fraction of sp³-hybridized carbons (Fsp3) is 0.800. The summed E-state index contributed by atoms with van der Waals surface area (Å²) in [7, 11) is 0. The highest BCUT2D eigenvalue weighted by atomic mass is 16.6. The topological polar surface area (TPSA) is 218 Å². The molecule has 0 saturated carbocycles. The van der Waals surface area contributed by atoms with Gasteiger partial charge in [-0.05, 0) is 5.92 Å². The van der Waals surface area contributed by atoms with Crippen LogP contribution < -0.4 is 17.2 Å². The predicted octanol–water partition coefficient (Wildman–Crippen LogP) is -4.03. The second-order valence-electron chi connectivity index (χ2n) is 6.03. The van der Waals surface area contributed by atoms with Crippen LogP contribution in [0.2, 0.25) is 0 Å². The molecule has 0 aromatic heterocycles. The molecule has 0 aromatic rings. The molecule has 0 heterocycles. The Morgan fingerprint density at radius 1 is 1.00 bits per heavy atom. The van der Waals surface area contributed by atoms with Gasteiger partial charge < -0.3 is 46.7 Å². The SMILES string of the molecule is CC(C)[C@H](N)C(=O)OC[C@H](OC(=O)CN)[C@@H](OC(=O)CN)[C@H](O)[C@H](O)CO. The molecular formula is C15H29N3O9. The fourth-order valence-corrected chi connectivity index (χ4v) is 1.84. The number of ether oxygens (including phenoxy) is 3. The van der Waals surface area contributed by atoms with E-state index >= 15 is 0 Å². The van der Waals surface area contributed by atoms with Crippen molar-refractivity contribution in [1.29, 1.82) is 0 Å². The summed E-state index contributed by atoms with van der Waals surface area (Å²) in [5.41, 5.74) is 16.0. The molecule has 0 bridgehead atoms. The Kier molecular flexibility index (Phi) is 11.7. The van der Waals surface area contributed by atoms with E-state index < -0.39 is 74.7 Å². The number of hydrogen-bond acceptors (Lipinski definition) is 12. The van der Waals surface area contributed by atoms with Crippen molar-refractivity contribution in [3.8, 4) is 0 Å². The summed E-state index contributed by atoms with van der Waals surface area (Å²) in [4.78, 5) is 35.0. The van der Waals surface area contributed by atoms with Crippen LogP contribution in [0.15, 0.2) is 0 Å². The van der Waals surface area contributed by atoms with Crippen molar-refractivity contribution in [1.82, 2.24) is 0 Å². The zero-order chi connectivity index (χ0) is 21.1. The Morgan fingerprint density at radius 3 is 1.96 bits per heavy atom. The molecule has 0 unspecified atom stereocenters. The van der Waals surface area contributed by atoms with Crippen LogP contribution in [-0.4, -0.2) is 90.0 Å². The highest BCUT2D eigenvalue weighted by Gasteiger charge is 2.39. The van der Waals surface area contributed by atoms with Crippen molar-refractivity contribution in [2.45, 2.75) is 44.3 Å². The molecule has 0 aliphatic heterocycles. The van der Waals surface area contributed by atoms with Crippen molar-refractivity contribution < 1.29 is 43.9 Å². The van der Waals surface area contributed by atoms with Gasteiger partial charge in [-0.2, -0.15) is 0 Å². The lowest BCUT2D eigenvalue weighted by Gasteiger charge is -2.31.